The smallest absolute Gasteiger partial charge is 0.246 e. The number of thioether (sulfide) groups is 1. The lowest BCUT2D eigenvalue weighted by atomic mass is 10.3. The van der Waals surface area contributed by atoms with Crippen LogP contribution in [-0.4, -0.2) is 42.2 Å². The summed E-state index contributed by atoms with van der Waals surface area (Å²) in [6.45, 7) is 12.3. The van der Waals surface area contributed by atoms with E-state index >= 15 is 0 Å². The molecule has 0 radical (unpaired) electrons. The van der Waals surface area contributed by atoms with Crippen LogP contribution in [-0.2, 0) is 4.79 Å². The van der Waals surface area contributed by atoms with Gasteiger partial charge < -0.3 is 5.32 Å². The molecule has 0 spiro atoms. The number of carbonyl (C=O) groups excluding carboxylic acids is 1. The zero-order valence-electron chi connectivity index (χ0n) is 11.7. The molecule has 0 saturated carbocycles. The van der Waals surface area contributed by atoms with Crippen molar-refractivity contribution in [3.63, 3.8) is 0 Å². The molecule has 0 aliphatic rings. The van der Waals surface area contributed by atoms with Crippen molar-refractivity contribution in [1.82, 2.24) is 5.32 Å². The Morgan fingerprint density at radius 1 is 1.24 bits per heavy atom. The lowest BCUT2D eigenvalue weighted by Crippen LogP contribution is -2.23. The monoisotopic (exact) mass is 276 g/mol. The first-order chi connectivity index (χ1) is 8.01. The normalized spacial score (nSPS) is 11.3. The summed E-state index contributed by atoms with van der Waals surface area (Å²) < 4.78 is 0. The maximum atomic E-state index is 11.3. The summed E-state index contributed by atoms with van der Waals surface area (Å²) in [5.74, 6) is 1.85. The quantitative estimate of drug-likeness (QED) is 0.302. The Morgan fingerprint density at radius 3 is 2.18 bits per heavy atom. The van der Waals surface area contributed by atoms with Crippen LogP contribution in [0.2, 0.25) is 0 Å². The molecular formula is C13H27NOPS+. The molecule has 4 heteroatoms. The van der Waals surface area contributed by atoms with Crippen LogP contribution >= 0.6 is 19.0 Å². The molecule has 2 nitrogen and oxygen atoms in total. The Balaban J connectivity index is 3.76. The number of carbonyl (C=O) groups is 1. The summed E-state index contributed by atoms with van der Waals surface area (Å²) in [6, 6.07) is 0. The highest BCUT2D eigenvalue weighted by Gasteiger charge is 2.30. The topological polar surface area (TPSA) is 29.1 Å². The molecule has 0 fully saturated rings. The average Bonchev–Trinajstić information content (AvgIpc) is 2.34. The van der Waals surface area contributed by atoms with Gasteiger partial charge in [0.2, 0.25) is 5.91 Å². The van der Waals surface area contributed by atoms with Crippen LogP contribution in [0.4, 0.5) is 0 Å². The molecule has 0 aliphatic heterocycles. The molecule has 0 saturated heterocycles. The molecule has 0 aromatic rings. The van der Waals surface area contributed by atoms with E-state index in [1.165, 1.54) is 30.4 Å². The Morgan fingerprint density at radius 2 is 1.76 bits per heavy atom. The number of hydrogen-bond donors (Lipinski definition) is 1. The number of amides is 1. The van der Waals surface area contributed by atoms with Crippen LogP contribution < -0.4 is 5.32 Å². The van der Waals surface area contributed by atoms with Gasteiger partial charge >= 0.3 is 0 Å². The lowest BCUT2D eigenvalue weighted by Gasteiger charge is -2.23. The fraction of sp³-hybridized carbons (Fsp3) is 0.769. The lowest BCUT2D eigenvalue weighted by molar-refractivity contribution is -0.117. The van der Waals surface area contributed by atoms with Crippen molar-refractivity contribution in [1.29, 1.82) is 0 Å². The maximum absolute atomic E-state index is 11.3. The highest BCUT2D eigenvalue weighted by molar-refractivity contribution is 7.99. The summed E-state index contributed by atoms with van der Waals surface area (Å²) in [5.41, 5.74) is 0.586. The third-order valence-corrected chi connectivity index (χ3v) is 9.79. The molecule has 0 aromatic heterocycles. The molecule has 100 valence electrons. The van der Waals surface area contributed by atoms with Crippen LogP contribution in [0.25, 0.3) is 0 Å². The average molecular weight is 276 g/mol. The minimum absolute atomic E-state index is 0.0277. The van der Waals surface area contributed by atoms with Crippen LogP contribution in [0.1, 0.15) is 27.7 Å². The van der Waals surface area contributed by atoms with Gasteiger partial charge in [0, 0.05) is 18.6 Å². The minimum atomic E-state index is -0.673. The second kappa shape index (κ2) is 8.99. The Kier molecular flexibility index (Phi) is 8.99. The maximum Gasteiger partial charge on any atom is 0.246 e. The van der Waals surface area contributed by atoms with Gasteiger partial charge in [-0.2, -0.15) is 0 Å². The van der Waals surface area contributed by atoms with Gasteiger partial charge in [0.05, 0.1) is 30.5 Å². The Bertz CT molecular complexity index is 244. The summed E-state index contributed by atoms with van der Waals surface area (Å²) in [5, 5.41) is 2.86. The van der Waals surface area contributed by atoms with Crippen molar-refractivity contribution in [3.05, 3.63) is 12.2 Å². The second-order valence-corrected chi connectivity index (χ2v) is 10.5. The van der Waals surface area contributed by atoms with Gasteiger partial charge in [-0.05, 0) is 27.7 Å². The minimum Gasteiger partial charge on any atom is -0.343 e. The van der Waals surface area contributed by atoms with Gasteiger partial charge in [-0.25, -0.2) is 0 Å². The van der Waals surface area contributed by atoms with Gasteiger partial charge in [0.25, 0.3) is 0 Å². The van der Waals surface area contributed by atoms with Crippen molar-refractivity contribution >= 4 is 24.9 Å². The number of rotatable bonds is 9. The fourth-order valence-electron chi connectivity index (χ4n) is 1.74. The predicted octanol–water partition coefficient (Wildman–Crippen LogP) is 3.45. The van der Waals surface area contributed by atoms with E-state index in [0.717, 1.165) is 0 Å². The molecule has 0 rings (SSSR count). The fourth-order valence-corrected chi connectivity index (χ4v) is 6.48. The van der Waals surface area contributed by atoms with Gasteiger partial charge in [-0.3, -0.25) is 4.79 Å². The molecule has 0 bridgehead atoms. The van der Waals surface area contributed by atoms with Crippen molar-refractivity contribution in [2.45, 2.75) is 27.7 Å². The van der Waals surface area contributed by atoms with Crippen LogP contribution in [0.5, 0.6) is 0 Å². The van der Waals surface area contributed by atoms with Gasteiger partial charge in [-0.15, -0.1) is 11.8 Å². The van der Waals surface area contributed by atoms with Crippen LogP contribution in [0.3, 0.4) is 0 Å². The Labute approximate surface area is 111 Å². The zero-order valence-corrected chi connectivity index (χ0v) is 13.4. The summed E-state index contributed by atoms with van der Waals surface area (Å²) in [6.07, 6.45) is 5.43. The van der Waals surface area contributed by atoms with Gasteiger partial charge in [0.1, 0.15) is 0 Å². The number of nitrogens with one attached hydrogen (secondary N) is 1. The third-order valence-electron chi connectivity index (χ3n) is 3.44. The highest BCUT2D eigenvalue weighted by Crippen LogP contribution is 2.57. The van der Waals surface area contributed by atoms with Crippen molar-refractivity contribution in [2.24, 2.45) is 0 Å². The highest BCUT2D eigenvalue weighted by atomic mass is 32.2. The van der Waals surface area contributed by atoms with E-state index in [1.54, 1.807) is 6.92 Å². The van der Waals surface area contributed by atoms with Crippen molar-refractivity contribution in [2.75, 3.05) is 36.3 Å². The van der Waals surface area contributed by atoms with Gasteiger partial charge in [-0.1, -0.05) is 6.58 Å². The number of hydrogen-bond acceptors (Lipinski definition) is 2. The standard InChI is InChI=1S/C13H26NOPS/c1-6-16(7-2,8-3)9-10-17-11-14-13(15)12(4)5/h4,6-11H2,1-3,5H3/p+1. The first-order valence-electron chi connectivity index (χ1n) is 6.37. The third kappa shape index (κ3) is 6.47. The van der Waals surface area contributed by atoms with E-state index in [9.17, 15) is 4.79 Å². The van der Waals surface area contributed by atoms with Crippen molar-refractivity contribution in [3.8, 4) is 0 Å². The molecule has 0 unspecified atom stereocenters. The van der Waals surface area contributed by atoms with E-state index in [2.05, 4.69) is 32.7 Å². The molecular weight excluding hydrogens is 249 g/mol. The molecule has 0 aromatic carbocycles. The Hall–Kier alpha value is -0.0100. The zero-order chi connectivity index (χ0) is 13.3. The molecule has 0 atom stereocenters. The summed E-state index contributed by atoms with van der Waals surface area (Å²) >= 11 is 1.83. The predicted molar refractivity (Wildman–Crippen MR) is 83.7 cm³/mol. The SMILES string of the molecule is C=C(C)C(=O)NCSCC[P+](CC)(CC)CC. The van der Waals surface area contributed by atoms with E-state index < -0.39 is 7.26 Å². The molecule has 1 amide bonds. The molecule has 0 heterocycles. The van der Waals surface area contributed by atoms with E-state index in [-0.39, 0.29) is 5.91 Å². The first kappa shape index (κ1) is 17.0. The van der Waals surface area contributed by atoms with Crippen molar-refractivity contribution < 1.29 is 4.79 Å². The van der Waals surface area contributed by atoms with Gasteiger partial charge in [0.15, 0.2) is 0 Å². The second-order valence-electron chi connectivity index (χ2n) is 4.35. The largest absolute Gasteiger partial charge is 0.343 e. The van der Waals surface area contributed by atoms with E-state index in [4.69, 9.17) is 0 Å². The first-order valence-corrected chi connectivity index (χ1v) is 10.1. The van der Waals surface area contributed by atoms with Crippen LogP contribution in [0, 0.1) is 0 Å². The van der Waals surface area contributed by atoms with Crippen LogP contribution in [0.15, 0.2) is 12.2 Å². The van der Waals surface area contributed by atoms with E-state index in [1.807, 2.05) is 11.8 Å². The molecule has 0 aliphatic carbocycles. The summed E-state index contributed by atoms with van der Waals surface area (Å²) in [4.78, 5) is 11.3. The molecule has 1 N–H and O–H groups in total. The molecule has 17 heavy (non-hydrogen) atoms. The van der Waals surface area contributed by atoms with E-state index in [0.29, 0.717) is 11.4 Å². The summed E-state index contributed by atoms with van der Waals surface area (Å²) in [7, 11) is -0.673.